The lowest BCUT2D eigenvalue weighted by atomic mass is 9.50. The number of likely N-dealkylation sites (tertiary alicyclic amines) is 1. The molecule has 6 rings (SSSR count). The molecule has 2 aromatic rings. The average molecular weight is 722 g/mol. The van der Waals surface area contributed by atoms with Crippen molar-refractivity contribution in [2.75, 3.05) is 20.7 Å². The minimum atomic E-state index is -2.20. The van der Waals surface area contributed by atoms with E-state index in [2.05, 4.69) is 4.90 Å². The summed E-state index contributed by atoms with van der Waals surface area (Å²) in [6.45, 7) is 7.48. The molecule has 0 aromatic heterocycles. The van der Waals surface area contributed by atoms with Crippen molar-refractivity contribution < 1.29 is 62.2 Å². The van der Waals surface area contributed by atoms with Gasteiger partial charge in [0.15, 0.2) is 17.6 Å². The van der Waals surface area contributed by atoms with E-state index in [1.807, 2.05) is 13.1 Å². The lowest BCUT2D eigenvalue weighted by Gasteiger charge is -2.61. The number of aliphatic hydroxyl groups is 1. The molecule has 1 N–H and O–H groups in total. The molecule has 1 fully saturated rings. The Morgan fingerprint density at radius 3 is 2.19 bits per heavy atom. The summed E-state index contributed by atoms with van der Waals surface area (Å²) < 4.78 is 39.7. The zero-order valence-electron chi connectivity index (χ0n) is 30.1. The largest absolute Gasteiger partial charge is 0.493 e. The smallest absolute Gasteiger partial charge is 0.357 e. The van der Waals surface area contributed by atoms with Gasteiger partial charge in [-0.1, -0.05) is 36.4 Å². The van der Waals surface area contributed by atoms with Crippen LogP contribution in [0.3, 0.4) is 0 Å². The van der Waals surface area contributed by atoms with Gasteiger partial charge in [-0.15, -0.1) is 0 Å². The number of rotatable bonds is 10. The lowest BCUT2D eigenvalue weighted by Crippen LogP contribution is -2.74. The van der Waals surface area contributed by atoms with Crippen LogP contribution in [0.25, 0.3) is 0 Å². The second-order valence-corrected chi connectivity index (χ2v) is 14.5. The second kappa shape index (κ2) is 13.6. The maximum atomic E-state index is 14.1. The maximum Gasteiger partial charge on any atom is 0.357 e. The predicted octanol–water partition coefficient (Wildman–Crippen LogP) is 3.01. The Balaban J connectivity index is 1.34. The number of hydrogen-bond donors (Lipinski definition) is 1. The Labute approximate surface area is 300 Å². The number of esters is 5. The molecule has 0 saturated carbocycles. The van der Waals surface area contributed by atoms with Crippen LogP contribution in [-0.4, -0.2) is 96.1 Å². The summed E-state index contributed by atoms with van der Waals surface area (Å²) in [7, 11) is 3.46. The SMILES string of the molecule is COc1ccc2c3c1O[C@H]1C(OC(=O)[C@H](OC(C)=O)[C@@H](OC(C)=O)C(=O)O[C@H](C(=O)OC(C)(C)C)c4ccccc4)=CC[C@@]4(O)[C@@H](C2)N(C)CC[C@]314. The molecule has 52 heavy (non-hydrogen) atoms. The third-order valence-electron chi connectivity index (χ3n) is 10.1. The number of carbonyl (C=O) groups is 5. The maximum absolute atomic E-state index is 14.1. The molecule has 2 aliphatic carbocycles. The van der Waals surface area contributed by atoms with E-state index in [1.54, 1.807) is 51.1 Å². The summed E-state index contributed by atoms with van der Waals surface area (Å²) in [5, 5.41) is 12.5. The summed E-state index contributed by atoms with van der Waals surface area (Å²) in [5.74, 6) is -4.74. The zero-order valence-corrected chi connectivity index (χ0v) is 30.1. The Kier molecular flexibility index (Phi) is 9.60. The van der Waals surface area contributed by atoms with Gasteiger partial charge in [0.05, 0.1) is 18.1 Å². The third kappa shape index (κ3) is 6.27. The molecule has 1 saturated heterocycles. The van der Waals surface area contributed by atoms with Gasteiger partial charge in [-0.3, -0.25) is 9.59 Å². The van der Waals surface area contributed by atoms with Crippen molar-refractivity contribution in [1.29, 1.82) is 0 Å². The summed E-state index contributed by atoms with van der Waals surface area (Å²) >= 11 is 0. The fraction of sp³-hybridized carbons (Fsp3) is 0.500. The molecule has 14 nitrogen and oxygen atoms in total. The molecule has 2 bridgehead atoms. The van der Waals surface area contributed by atoms with E-state index >= 15 is 0 Å². The molecule has 2 aromatic carbocycles. The van der Waals surface area contributed by atoms with Gasteiger partial charge in [-0.25, -0.2) is 14.4 Å². The van der Waals surface area contributed by atoms with Crippen molar-refractivity contribution in [3.8, 4) is 11.5 Å². The average Bonchev–Trinajstić information content (AvgIpc) is 3.43. The number of nitrogens with zero attached hydrogens (tertiary/aromatic N) is 1. The van der Waals surface area contributed by atoms with Crippen LogP contribution in [0.5, 0.6) is 11.5 Å². The number of benzene rings is 2. The highest BCUT2D eigenvalue weighted by molar-refractivity contribution is 5.91. The molecule has 2 aliphatic heterocycles. The van der Waals surface area contributed by atoms with E-state index in [9.17, 15) is 29.1 Å². The summed E-state index contributed by atoms with van der Waals surface area (Å²) in [6.07, 6.45) is -4.37. The molecule has 1 spiro atoms. The van der Waals surface area contributed by atoms with Gasteiger partial charge in [0, 0.05) is 37.4 Å². The van der Waals surface area contributed by atoms with E-state index in [1.165, 1.54) is 19.2 Å². The van der Waals surface area contributed by atoms with Crippen LogP contribution in [-0.2, 0) is 59.5 Å². The Hall–Kier alpha value is -4.95. The lowest BCUT2D eigenvalue weighted by molar-refractivity contribution is -0.197. The molecule has 2 heterocycles. The number of methoxy groups -OCH3 is 1. The van der Waals surface area contributed by atoms with Gasteiger partial charge >= 0.3 is 29.8 Å². The topological polar surface area (TPSA) is 173 Å². The van der Waals surface area contributed by atoms with E-state index in [0.717, 1.165) is 25.0 Å². The van der Waals surface area contributed by atoms with Crippen molar-refractivity contribution >= 4 is 29.8 Å². The van der Waals surface area contributed by atoms with Gasteiger partial charge in [0.25, 0.3) is 0 Å². The van der Waals surface area contributed by atoms with Gasteiger partial charge in [-0.2, -0.15) is 0 Å². The first kappa shape index (κ1) is 36.8. The van der Waals surface area contributed by atoms with Gasteiger partial charge < -0.3 is 43.2 Å². The van der Waals surface area contributed by atoms with E-state index in [0.29, 0.717) is 30.9 Å². The van der Waals surface area contributed by atoms with Crippen LogP contribution in [0.1, 0.15) is 70.3 Å². The van der Waals surface area contributed by atoms with Crippen molar-refractivity contribution in [3.63, 3.8) is 0 Å². The number of piperidine rings is 1. The van der Waals surface area contributed by atoms with Crippen molar-refractivity contribution in [3.05, 3.63) is 71.0 Å². The zero-order chi connectivity index (χ0) is 37.7. The van der Waals surface area contributed by atoms with Crippen LogP contribution in [0.15, 0.2) is 54.3 Å². The van der Waals surface area contributed by atoms with Gasteiger partial charge in [0.2, 0.25) is 18.3 Å². The molecule has 4 aliphatic rings. The fourth-order valence-electron chi connectivity index (χ4n) is 8.01. The molecule has 0 amide bonds. The summed E-state index contributed by atoms with van der Waals surface area (Å²) in [4.78, 5) is 68.1. The van der Waals surface area contributed by atoms with Crippen LogP contribution in [0.4, 0.5) is 0 Å². The van der Waals surface area contributed by atoms with Gasteiger partial charge in [-0.05, 0) is 64.9 Å². The Bertz CT molecular complexity index is 1820. The van der Waals surface area contributed by atoms with Crippen LogP contribution >= 0.6 is 0 Å². The van der Waals surface area contributed by atoms with Crippen molar-refractivity contribution in [1.82, 2.24) is 4.90 Å². The predicted molar refractivity (Wildman–Crippen MR) is 180 cm³/mol. The molecular formula is C38H43NO13. The van der Waals surface area contributed by atoms with E-state index in [4.69, 9.17) is 33.2 Å². The first-order valence-electron chi connectivity index (χ1n) is 17.0. The molecular weight excluding hydrogens is 678 g/mol. The minimum Gasteiger partial charge on any atom is -0.493 e. The summed E-state index contributed by atoms with van der Waals surface area (Å²) in [5.41, 5.74) is -1.31. The standard InChI is InChI=1S/C38H43NO13/c1-20(40)47-30(31(48-21(2)41)34(43)51-28(22-11-9-8-10-12-22)35(44)52-36(3,4)5)33(42)49-25-15-16-38(45)26-19-23-13-14-24(46-7)29-27(23)37(38,32(25)50-29)17-18-39(26)6/h8-15,26,28,30-32,45H,16-19H2,1-7H3/t26-,28+,30-,31-,32+,37+,38-/m1/s1. The normalized spacial score (nSPS) is 25.9. The second-order valence-electron chi connectivity index (χ2n) is 14.5. The highest BCUT2D eigenvalue weighted by Gasteiger charge is 2.72. The number of carbonyl (C=O) groups excluding carboxylic acids is 5. The number of likely N-dealkylation sites (N-methyl/N-ethyl adjacent to an activating group) is 1. The Morgan fingerprint density at radius 1 is 0.923 bits per heavy atom. The molecule has 0 radical (unpaired) electrons. The first-order valence-corrected chi connectivity index (χ1v) is 17.0. The summed E-state index contributed by atoms with van der Waals surface area (Å²) in [6, 6.07) is 11.4. The van der Waals surface area contributed by atoms with E-state index in [-0.39, 0.29) is 23.8 Å². The van der Waals surface area contributed by atoms with Crippen molar-refractivity contribution in [2.24, 2.45) is 0 Å². The highest BCUT2D eigenvalue weighted by atomic mass is 16.7. The molecule has 278 valence electrons. The van der Waals surface area contributed by atoms with E-state index < -0.39 is 70.9 Å². The molecule has 14 heteroatoms. The minimum absolute atomic E-state index is 0.00657. The quantitative estimate of drug-likeness (QED) is 0.280. The highest BCUT2D eigenvalue weighted by Crippen LogP contribution is 2.65. The van der Waals surface area contributed by atoms with Crippen LogP contribution < -0.4 is 9.47 Å². The fourth-order valence-corrected chi connectivity index (χ4v) is 8.01. The number of hydrogen-bond acceptors (Lipinski definition) is 14. The first-order chi connectivity index (χ1) is 24.5. The Morgan fingerprint density at radius 2 is 1.58 bits per heavy atom. The number of ether oxygens (including phenoxy) is 7. The molecule has 7 atom stereocenters. The monoisotopic (exact) mass is 721 g/mol. The third-order valence-corrected chi connectivity index (χ3v) is 10.1. The van der Waals surface area contributed by atoms with Crippen LogP contribution in [0, 0.1) is 0 Å². The van der Waals surface area contributed by atoms with Gasteiger partial charge in [0.1, 0.15) is 11.4 Å². The van der Waals surface area contributed by atoms with Crippen molar-refractivity contribution in [2.45, 2.75) is 101 Å². The van der Waals surface area contributed by atoms with Crippen LogP contribution in [0.2, 0.25) is 0 Å². The molecule has 0 unspecified atom stereocenters.